The number of aliphatic hydroxyl groups is 1. The van der Waals surface area contributed by atoms with Gasteiger partial charge in [-0.15, -0.1) is 0 Å². The van der Waals surface area contributed by atoms with E-state index in [9.17, 15) is 10.6 Å². The highest BCUT2D eigenvalue weighted by Gasteiger charge is 2.46. The lowest BCUT2D eigenvalue weighted by Gasteiger charge is -2.38. The van der Waals surface area contributed by atoms with E-state index in [1.54, 1.807) is 0 Å². The van der Waals surface area contributed by atoms with E-state index in [0.29, 0.717) is 26.4 Å². The number of aliphatic hydroxyl groups excluding tert-OH is 1. The molecule has 43 heavy (non-hydrogen) atoms. The van der Waals surface area contributed by atoms with Gasteiger partial charge >= 0.3 is 0 Å². The Hall–Kier alpha value is -4.01. The van der Waals surface area contributed by atoms with Crippen LogP contribution in [0, 0.1) is 0 Å². The molecule has 0 radical (unpaired) electrons. The maximum atomic E-state index is 11.5. The van der Waals surface area contributed by atoms with Crippen molar-refractivity contribution in [2.75, 3.05) is 13.2 Å². The second-order valence-electron chi connectivity index (χ2n) is 10.8. The molecule has 8 nitrogen and oxygen atoms in total. The lowest BCUT2D eigenvalue weighted by molar-refractivity contribution is -0.131. The minimum Gasteiger partial charge on any atom is -0.391 e. The molecule has 1 aliphatic heterocycles. The van der Waals surface area contributed by atoms with Crippen LogP contribution in [0.1, 0.15) is 22.3 Å². The Kier molecular flexibility index (Phi) is 11.3. The Balaban J connectivity index is 1.50. The molecule has 8 heteroatoms. The fourth-order valence-corrected chi connectivity index (χ4v) is 5.53. The number of ether oxygens (including phenoxy) is 3. The molecule has 0 bridgehead atoms. The van der Waals surface area contributed by atoms with Crippen LogP contribution in [-0.2, 0) is 40.6 Å². The quantitative estimate of drug-likeness (QED) is 0.114. The summed E-state index contributed by atoms with van der Waals surface area (Å²) in [7, 11) is 0. The number of benzene rings is 4. The topological polar surface area (TPSA) is 99.9 Å². The minimum absolute atomic E-state index is 0.258. The predicted octanol–water partition coefficient (Wildman–Crippen LogP) is 6.30. The monoisotopic (exact) mass is 578 g/mol. The fraction of sp³-hybridized carbons (Fsp3) is 0.314. The van der Waals surface area contributed by atoms with Crippen LogP contribution in [0.2, 0.25) is 0 Å². The van der Waals surface area contributed by atoms with Gasteiger partial charge < -0.3 is 19.3 Å². The first-order chi connectivity index (χ1) is 21.2. The highest BCUT2D eigenvalue weighted by atomic mass is 16.5. The molecule has 4 aromatic carbocycles. The van der Waals surface area contributed by atoms with Crippen molar-refractivity contribution in [3.8, 4) is 0 Å². The van der Waals surface area contributed by atoms with Crippen molar-refractivity contribution in [2.24, 2.45) is 5.11 Å². The maximum absolute atomic E-state index is 11.5. The van der Waals surface area contributed by atoms with E-state index >= 15 is 0 Å². The van der Waals surface area contributed by atoms with Gasteiger partial charge in [0, 0.05) is 18.0 Å². The molecule has 5 rings (SSSR count). The average molecular weight is 579 g/mol. The van der Waals surface area contributed by atoms with E-state index in [1.165, 1.54) is 0 Å². The maximum Gasteiger partial charge on any atom is 0.102 e. The average Bonchev–Trinajstić information content (AvgIpc) is 3.15. The summed E-state index contributed by atoms with van der Waals surface area (Å²) in [6.07, 6.45) is -2.31. The lowest BCUT2D eigenvalue weighted by Crippen LogP contribution is -2.52. The van der Waals surface area contributed by atoms with Crippen molar-refractivity contribution in [1.29, 1.82) is 0 Å². The van der Waals surface area contributed by atoms with E-state index in [1.807, 2.05) is 109 Å². The van der Waals surface area contributed by atoms with Gasteiger partial charge in [0.1, 0.15) is 6.10 Å². The van der Waals surface area contributed by atoms with Crippen LogP contribution < -0.4 is 0 Å². The van der Waals surface area contributed by atoms with Crippen molar-refractivity contribution in [3.63, 3.8) is 0 Å². The van der Waals surface area contributed by atoms with Crippen LogP contribution in [0.4, 0.5) is 0 Å². The molecule has 0 spiro atoms. The van der Waals surface area contributed by atoms with Gasteiger partial charge in [0.05, 0.1) is 50.7 Å². The number of hydrogen-bond acceptors (Lipinski definition) is 6. The van der Waals surface area contributed by atoms with Gasteiger partial charge in [0.25, 0.3) is 0 Å². The molecule has 0 amide bonds. The van der Waals surface area contributed by atoms with E-state index in [4.69, 9.17) is 14.2 Å². The van der Waals surface area contributed by atoms with E-state index in [0.717, 1.165) is 22.3 Å². The normalized spacial score (nSPS) is 22.4. The number of hydrogen-bond donors (Lipinski definition) is 1. The Morgan fingerprint density at radius 1 is 0.674 bits per heavy atom. The number of rotatable bonds is 13. The molecule has 1 N–H and O–H groups in total. The van der Waals surface area contributed by atoms with Gasteiger partial charge in [-0.2, -0.15) is 0 Å². The summed E-state index contributed by atoms with van der Waals surface area (Å²) in [6.45, 7) is 2.16. The summed E-state index contributed by atoms with van der Waals surface area (Å²) < 4.78 is 19.6. The molecule has 222 valence electrons. The number of nitrogens with zero attached hydrogens (tertiary/aromatic N) is 4. The molecule has 0 aromatic heterocycles. The largest absolute Gasteiger partial charge is 0.391 e. The second-order valence-corrected chi connectivity index (χ2v) is 10.8. The molecule has 5 atom stereocenters. The molecule has 1 saturated heterocycles. The summed E-state index contributed by atoms with van der Waals surface area (Å²) in [5, 5.41) is 15.6. The van der Waals surface area contributed by atoms with Gasteiger partial charge in [-0.3, -0.25) is 4.90 Å². The van der Waals surface area contributed by atoms with Crippen LogP contribution in [-0.4, -0.2) is 53.6 Å². The zero-order chi connectivity index (χ0) is 29.7. The second kappa shape index (κ2) is 16.0. The van der Waals surface area contributed by atoms with Crippen molar-refractivity contribution < 1.29 is 19.3 Å². The Labute approximate surface area is 253 Å². The van der Waals surface area contributed by atoms with Gasteiger partial charge in [-0.25, -0.2) is 0 Å². The molecule has 1 aliphatic rings. The number of azide groups is 1. The summed E-state index contributed by atoms with van der Waals surface area (Å²) in [6, 6.07) is 38.7. The fourth-order valence-electron chi connectivity index (χ4n) is 5.53. The van der Waals surface area contributed by atoms with E-state index < -0.39 is 24.4 Å². The first-order valence-electron chi connectivity index (χ1n) is 14.6. The standard InChI is InChI=1S/C35H38N4O4/c36-38-37-33-32(40)22-39(21-27-13-5-1-6-14-27)31(26-41-23-28-15-7-2-8-16-28)34(42-24-29-17-9-3-10-18-29)35(33)43-25-30-19-11-4-12-20-30/h1-20,31-35,40H,21-26H2/t31-,32-,33+,34-,35-/m1/s1. The smallest absolute Gasteiger partial charge is 0.102 e. The molecule has 0 unspecified atom stereocenters. The highest BCUT2D eigenvalue weighted by Crippen LogP contribution is 2.30. The zero-order valence-electron chi connectivity index (χ0n) is 24.1. The third-order valence-electron chi connectivity index (χ3n) is 7.71. The van der Waals surface area contributed by atoms with Crippen molar-refractivity contribution in [1.82, 2.24) is 4.90 Å². The lowest BCUT2D eigenvalue weighted by atomic mass is 9.98. The Bertz CT molecular complexity index is 1410. The predicted molar refractivity (Wildman–Crippen MR) is 166 cm³/mol. The number of likely N-dealkylation sites (tertiary alicyclic amines) is 1. The van der Waals surface area contributed by atoms with Crippen molar-refractivity contribution in [3.05, 3.63) is 154 Å². The molecule has 1 fully saturated rings. The van der Waals surface area contributed by atoms with E-state index in [2.05, 4.69) is 27.1 Å². The molecule has 0 aliphatic carbocycles. The summed E-state index contributed by atoms with van der Waals surface area (Å²) in [5.74, 6) is 0. The Morgan fingerprint density at radius 3 is 1.65 bits per heavy atom. The minimum atomic E-state index is -0.984. The SMILES string of the molecule is [N-]=[N+]=N[C@@H]1[C@@H](OCc2ccccc2)[C@H](OCc2ccccc2)[C@@H](COCc2ccccc2)N(Cc2ccccc2)C[C@H]1O. The first-order valence-corrected chi connectivity index (χ1v) is 14.6. The van der Waals surface area contributed by atoms with Crippen LogP contribution in [0.5, 0.6) is 0 Å². The van der Waals surface area contributed by atoms with E-state index in [-0.39, 0.29) is 19.2 Å². The molecular weight excluding hydrogens is 540 g/mol. The van der Waals surface area contributed by atoms with Crippen LogP contribution >= 0.6 is 0 Å². The molecule has 1 heterocycles. The third kappa shape index (κ3) is 8.75. The number of β-amino-alcohol motifs (C(OH)–C–C–N with tert-alkyl or cyclic N) is 1. The molecular formula is C35H38N4O4. The molecule has 4 aromatic rings. The third-order valence-corrected chi connectivity index (χ3v) is 7.71. The summed E-state index contributed by atoms with van der Waals surface area (Å²) in [5.41, 5.74) is 13.7. The van der Waals surface area contributed by atoms with Gasteiger partial charge in [-0.1, -0.05) is 126 Å². The van der Waals surface area contributed by atoms with Gasteiger partial charge in [0.2, 0.25) is 0 Å². The van der Waals surface area contributed by atoms with Gasteiger partial charge in [-0.05, 0) is 27.8 Å². The van der Waals surface area contributed by atoms with Crippen LogP contribution in [0.25, 0.3) is 10.4 Å². The summed E-state index contributed by atoms with van der Waals surface area (Å²) in [4.78, 5) is 5.30. The van der Waals surface area contributed by atoms with Crippen molar-refractivity contribution in [2.45, 2.75) is 56.8 Å². The zero-order valence-corrected chi connectivity index (χ0v) is 24.1. The molecule has 0 saturated carbocycles. The highest BCUT2D eigenvalue weighted by molar-refractivity contribution is 5.18. The summed E-state index contributed by atoms with van der Waals surface area (Å²) >= 11 is 0. The van der Waals surface area contributed by atoms with Crippen LogP contribution in [0.15, 0.2) is 126 Å². The Morgan fingerprint density at radius 2 is 1.14 bits per heavy atom. The van der Waals surface area contributed by atoms with Crippen molar-refractivity contribution >= 4 is 0 Å². The first kappa shape index (κ1) is 30.4. The van der Waals surface area contributed by atoms with Crippen LogP contribution in [0.3, 0.4) is 0 Å². The van der Waals surface area contributed by atoms with Gasteiger partial charge in [0.15, 0.2) is 0 Å².